The van der Waals surface area contributed by atoms with Crippen LogP contribution in [0.2, 0.25) is 0 Å². The number of aliphatic hydroxyl groups is 1. The van der Waals surface area contributed by atoms with E-state index in [0.29, 0.717) is 19.8 Å². The summed E-state index contributed by atoms with van der Waals surface area (Å²) >= 11 is 0. The Labute approximate surface area is 144 Å². The smallest absolute Gasteiger partial charge is 0.0900 e. The number of rotatable bonds is 8. The first-order valence-electron chi connectivity index (χ1n) is 8.98. The molecule has 2 saturated heterocycles. The highest BCUT2D eigenvalue weighted by atomic mass is 16.5. The van der Waals surface area contributed by atoms with Gasteiger partial charge in [-0.2, -0.15) is 5.10 Å². The van der Waals surface area contributed by atoms with Gasteiger partial charge in [0.1, 0.15) is 0 Å². The van der Waals surface area contributed by atoms with Crippen molar-refractivity contribution in [1.82, 2.24) is 19.6 Å². The summed E-state index contributed by atoms with van der Waals surface area (Å²) in [5, 5.41) is 14.4. The van der Waals surface area contributed by atoms with Gasteiger partial charge >= 0.3 is 0 Å². The average molecular weight is 338 g/mol. The van der Waals surface area contributed by atoms with Crippen LogP contribution in [0, 0.1) is 0 Å². The van der Waals surface area contributed by atoms with Crippen LogP contribution in [0.4, 0.5) is 0 Å². The maximum Gasteiger partial charge on any atom is 0.0900 e. The van der Waals surface area contributed by atoms with Crippen LogP contribution >= 0.6 is 0 Å². The van der Waals surface area contributed by atoms with Gasteiger partial charge in [-0.25, -0.2) is 0 Å². The Bertz CT molecular complexity index is 482. The Morgan fingerprint density at radius 2 is 2.12 bits per heavy atom. The molecule has 2 aliphatic heterocycles. The minimum atomic E-state index is -0.420. The molecule has 2 aliphatic rings. The molecule has 0 unspecified atom stereocenters. The van der Waals surface area contributed by atoms with Crippen molar-refractivity contribution < 1.29 is 14.6 Å². The van der Waals surface area contributed by atoms with Crippen molar-refractivity contribution >= 4 is 0 Å². The monoisotopic (exact) mass is 338 g/mol. The number of ether oxygens (including phenoxy) is 2. The lowest BCUT2D eigenvalue weighted by Crippen LogP contribution is -2.48. The van der Waals surface area contributed by atoms with Gasteiger partial charge in [0, 0.05) is 64.7 Å². The maximum atomic E-state index is 10.1. The maximum absolute atomic E-state index is 10.1. The van der Waals surface area contributed by atoms with Crippen LogP contribution in [-0.4, -0.2) is 89.4 Å². The molecular weight excluding hydrogens is 308 g/mol. The number of hydrogen-bond donors (Lipinski definition) is 1. The molecule has 1 aromatic heterocycles. The highest BCUT2D eigenvalue weighted by Gasteiger charge is 2.20. The second-order valence-corrected chi connectivity index (χ2v) is 6.93. The fourth-order valence-corrected chi connectivity index (χ4v) is 3.40. The van der Waals surface area contributed by atoms with E-state index in [1.165, 1.54) is 5.56 Å². The topological polar surface area (TPSA) is 63.0 Å². The van der Waals surface area contributed by atoms with Crippen molar-refractivity contribution in [2.75, 3.05) is 52.5 Å². The SMILES string of the molecule is Cn1cc(CN2CCN(C[C@H](O)COC[C@@H]3CCCO3)CC2)cn1. The van der Waals surface area contributed by atoms with E-state index in [2.05, 4.69) is 21.1 Å². The third kappa shape index (κ3) is 5.53. The first-order chi connectivity index (χ1) is 11.7. The lowest BCUT2D eigenvalue weighted by molar-refractivity contribution is -0.0287. The van der Waals surface area contributed by atoms with Gasteiger partial charge in [-0.05, 0) is 12.8 Å². The Morgan fingerprint density at radius 1 is 1.33 bits per heavy atom. The van der Waals surface area contributed by atoms with Crippen LogP contribution < -0.4 is 0 Å². The number of hydrogen-bond acceptors (Lipinski definition) is 6. The summed E-state index contributed by atoms with van der Waals surface area (Å²) in [6.07, 6.45) is 6.02. The van der Waals surface area contributed by atoms with Crippen molar-refractivity contribution in [3.05, 3.63) is 18.0 Å². The molecule has 1 aromatic rings. The van der Waals surface area contributed by atoms with Crippen molar-refractivity contribution in [3.63, 3.8) is 0 Å². The van der Waals surface area contributed by atoms with Crippen LogP contribution in [0.5, 0.6) is 0 Å². The van der Waals surface area contributed by atoms with Gasteiger partial charge in [0.05, 0.1) is 31.6 Å². The molecule has 7 heteroatoms. The normalized spacial score (nSPS) is 24.5. The quantitative estimate of drug-likeness (QED) is 0.725. The van der Waals surface area contributed by atoms with Crippen LogP contribution in [0.25, 0.3) is 0 Å². The Kier molecular flexibility index (Phi) is 6.62. The van der Waals surface area contributed by atoms with Gasteiger partial charge in [0.15, 0.2) is 0 Å². The molecule has 3 heterocycles. The second kappa shape index (κ2) is 8.92. The van der Waals surface area contributed by atoms with E-state index in [0.717, 1.165) is 52.2 Å². The number of nitrogens with zero attached hydrogens (tertiary/aromatic N) is 4. The Balaban J connectivity index is 1.28. The van der Waals surface area contributed by atoms with E-state index in [9.17, 15) is 5.11 Å². The molecule has 1 N–H and O–H groups in total. The third-order valence-electron chi connectivity index (χ3n) is 4.74. The number of β-amino-alcohol motifs (C(OH)–C–C–N with tert-alkyl or cyclic N) is 1. The lowest BCUT2D eigenvalue weighted by atomic mass is 10.2. The lowest BCUT2D eigenvalue weighted by Gasteiger charge is -2.35. The van der Waals surface area contributed by atoms with Gasteiger partial charge in [-0.15, -0.1) is 0 Å². The molecule has 24 heavy (non-hydrogen) atoms. The van der Waals surface area contributed by atoms with Crippen LogP contribution in [0.15, 0.2) is 12.4 Å². The summed E-state index contributed by atoms with van der Waals surface area (Å²) < 4.78 is 13.0. The van der Waals surface area contributed by atoms with Gasteiger partial charge in [-0.3, -0.25) is 14.5 Å². The molecule has 7 nitrogen and oxygen atoms in total. The first kappa shape index (κ1) is 17.8. The van der Waals surface area contributed by atoms with Crippen molar-refractivity contribution in [1.29, 1.82) is 0 Å². The summed E-state index contributed by atoms with van der Waals surface area (Å²) in [6, 6.07) is 0. The van der Waals surface area contributed by atoms with E-state index < -0.39 is 6.10 Å². The minimum Gasteiger partial charge on any atom is -0.389 e. The summed E-state index contributed by atoms with van der Waals surface area (Å²) in [5.41, 5.74) is 1.26. The fraction of sp³-hybridized carbons (Fsp3) is 0.824. The van der Waals surface area contributed by atoms with E-state index in [1.807, 2.05) is 17.9 Å². The predicted octanol–water partition coefficient (Wildman–Crippen LogP) is 0.0942. The van der Waals surface area contributed by atoms with Crippen molar-refractivity contribution in [2.24, 2.45) is 7.05 Å². The zero-order valence-corrected chi connectivity index (χ0v) is 14.6. The predicted molar refractivity (Wildman–Crippen MR) is 90.7 cm³/mol. The molecule has 0 amide bonds. The highest BCUT2D eigenvalue weighted by molar-refractivity contribution is 5.03. The van der Waals surface area contributed by atoms with E-state index in [1.54, 1.807) is 0 Å². The van der Waals surface area contributed by atoms with Crippen LogP contribution in [0.3, 0.4) is 0 Å². The van der Waals surface area contributed by atoms with Gasteiger partial charge in [-0.1, -0.05) is 0 Å². The number of piperazine rings is 1. The number of aliphatic hydroxyl groups excluding tert-OH is 1. The molecule has 0 aliphatic carbocycles. The van der Waals surface area contributed by atoms with E-state index in [4.69, 9.17) is 9.47 Å². The standard InChI is InChI=1S/C17H30N4O3/c1-19-10-15(9-18-19)11-20-4-6-21(7-5-20)12-16(22)13-23-14-17-3-2-8-24-17/h9-10,16-17,22H,2-8,11-14H2,1H3/t16-,17-/m0/s1. The second-order valence-electron chi connectivity index (χ2n) is 6.93. The highest BCUT2D eigenvalue weighted by Crippen LogP contribution is 2.12. The van der Waals surface area contributed by atoms with Crippen LogP contribution in [-0.2, 0) is 23.1 Å². The largest absolute Gasteiger partial charge is 0.389 e. The van der Waals surface area contributed by atoms with E-state index >= 15 is 0 Å². The molecule has 136 valence electrons. The summed E-state index contributed by atoms with van der Waals surface area (Å²) in [6.45, 7) is 7.52. The van der Waals surface area contributed by atoms with Gasteiger partial charge < -0.3 is 14.6 Å². The van der Waals surface area contributed by atoms with Gasteiger partial charge in [0.25, 0.3) is 0 Å². The Hall–Kier alpha value is -0.990. The molecule has 0 aromatic carbocycles. The minimum absolute atomic E-state index is 0.230. The molecular formula is C17H30N4O3. The van der Waals surface area contributed by atoms with Crippen LogP contribution in [0.1, 0.15) is 18.4 Å². The molecule has 2 fully saturated rings. The zero-order valence-electron chi connectivity index (χ0n) is 14.6. The van der Waals surface area contributed by atoms with Crippen molar-refractivity contribution in [3.8, 4) is 0 Å². The summed E-state index contributed by atoms with van der Waals surface area (Å²) in [4.78, 5) is 4.76. The fourth-order valence-electron chi connectivity index (χ4n) is 3.40. The molecule has 0 bridgehead atoms. The molecule has 0 radical (unpaired) electrons. The summed E-state index contributed by atoms with van der Waals surface area (Å²) in [5.74, 6) is 0. The van der Waals surface area contributed by atoms with Gasteiger partial charge in [0.2, 0.25) is 0 Å². The Morgan fingerprint density at radius 3 is 2.79 bits per heavy atom. The third-order valence-corrected chi connectivity index (χ3v) is 4.74. The molecule has 2 atom stereocenters. The molecule has 0 spiro atoms. The first-order valence-corrected chi connectivity index (χ1v) is 8.98. The van der Waals surface area contributed by atoms with Crippen molar-refractivity contribution in [2.45, 2.75) is 31.6 Å². The molecule has 0 saturated carbocycles. The average Bonchev–Trinajstić information content (AvgIpc) is 3.21. The summed E-state index contributed by atoms with van der Waals surface area (Å²) in [7, 11) is 1.95. The molecule has 3 rings (SSSR count). The van der Waals surface area contributed by atoms with E-state index in [-0.39, 0.29) is 6.10 Å². The number of aryl methyl sites for hydroxylation is 1. The number of aromatic nitrogens is 2. The zero-order chi connectivity index (χ0) is 16.8.